The summed E-state index contributed by atoms with van der Waals surface area (Å²) in [7, 11) is 1.64. The fourth-order valence-electron chi connectivity index (χ4n) is 1.87. The molecule has 1 fully saturated rings. The number of hydrogen-bond acceptors (Lipinski definition) is 4. The minimum Gasteiger partial charge on any atom is -0.480 e. The average molecular weight is 274 g/mol. The third kappa shape index (κ3) is 5.44. The maximum absolute atomic E-state index is 11.6. The number of aliphatic carboxylic acids is 1. The monoisotopic (exact) mass is 274 g/mol. The molecular weight excluding hydrogens is 252 g/mol. The molecule has 1 aliphatic rings. The highest BCUT2D eigenvalue weighted by Crippen LogP contribution is 2.48. The highest BCUT2D eigenvalue weighted by atomic mass is 16.5. The van der Waals surface area contributed by atoms with Crippen LogP contribution in [0.1, 0.15) is 25.7 Å². The molecule has 7 heteroatoms. The SMILES string of the molecule is COCCC1(CNC(=O)N[C@@H](CCO)C(=O)O)CC1. The van der Waals surface area contributed by atoms with E-state index < -0.39 is 18.0 Å². The Morgan fingerprint density at radius 1 is 1.42 bits per heavy atom. The summed E-state index contributed by atoms with van der Waals surface area (Å²) in [5.41, 5.74) is 0.114. The molecule has 0 heterocycles. The molecule has 110 valence electrons. The van der Waals surface area contributed by atoms with Gasteiger partial charge in [0.1, 0.15) is 6.04 Å². The van der Waals surface area contributed by atoms with E-state index in [0.717, 1.165) is 19.3 Å². The Morgan fingerprint density at radius 2 is 2.11 bits per heavy atom. The summed E-state index contributed by atoms with van der Waals surface area (Å²) in [6, 6.07) is -1.57. The number of rotatable bonds is 9. The number of urea groups is 1. The third-order valence-corrected chi connectivity index (χ3v) is 3.44. The summed E-state index contributed by atoms with van der Waals surface area (Å²) in [6.45, 7) is 0.897. The zero-order valence-corrected chi connectivity index (χ0v) is 11.1. The third-order valence-electron chi connectivity index (χ3n) is 3.44. The average Bonchev–Trinajstić information content (AvgIpc) is 3.14. The molecule has 1 atom stereocenters. The molecule has 0 aromatic rings. The number of aliphatic hydroxyl groups is 1. The van der Waals surface area contributed by atoms with Gasteiger partial charge in [0, 0.05) is 33.3 Å². The molecule has 1 saturated carbocycles. The molecule has 1 aliphatic carbocycles. The van der Waals surface area contributed by atoms with Crippen molar-refractivity contribution in [1.82, 2.24) is 10.6 Å². The van der Waals surface area contributed by atoms with E-state index in [-0.39, 0.29) is 18.4 Å². The zero-order valence-electron chi connectivity index (χ0n) is 11.1. The Hall–Kier alpha value is -1.34. The number of carboxylic acids is 1. The van der Waals surface area contributed by atoms with Crippen molar-refractivity contribution in [2.24, 2.45) is 5.41 Å². The van der Waals surface area contributed by atoms with Crippen LogP contribution in [0.2, 0.25) is 0 Å². The molecule has 0 unspecified atom stereocenters. The van der Waals surface area contributed by atoms with Crippen LogP contribution in [0.15, 0.2) is 0 Å². The van der Waals surface area contributed by atoms with Crippen molar-refractivity contribution in [3.05, 3.63) is 0 Å². The van der Waals surface area contributed by atoms with E-state index in [1.165, 1.54) is 0 Å². The van der Waals surface area contributed by atoms with Gasteiger partial charge in [0.25, 0.3) is 0 Å². The van der Waals surface area contributed by atoms with Crippen molar-refractivity contribution in [3.8, 4) is 0 Å². The second kappa shape index (κ2) is 7.30. The van der Waals surface area contributed by atoms with Gasteiger partial charge in [0.2, 0.25) is 0 Å². The number of carbonyl (C=O) groups excluding carboxylic acids is 1. The van der Waals surface area contributed by atoms with E-state index >= 15 is 0 Å². The van der Waals surface area contributed by atoms with Gasteiger partial charge in [-0.3, -0.25) is 0 Å². The Bertz CT molecular complexity index is 317. The first-order chi connectivity index (χ1) is 9.03. The lowest BCUT2D eigenvalue weighted by Gasteiger charge is -2.18. The van der Waals surface area contributed by atoms with Crippen LogP contribution in [0.5, 0.6) is 0 Å². The van der Waals surface area contributed by atoms with Crippen LogP contribution < -0.4 is 10.6 Å². The molecular formula is C12H22N2O5. The van der Waals surface area contributed by atoms with E-state index in [0.29, 0.717) is 13.2 Å². The van der Waals surface area contributed by atoms with E-state index in [1.807, 2.05) is 0 Å². The zero-order chi connectivity index (χ0) is 14.3. The fourth-order valence-corrected chi connectivity index (χ4v) is 1.87. The van der Waals surface area contributed by atoms with Crippen molar-refractivity contribution in [1.29, 1.82) is 0 Å². The summed E-state index contributed by atoms with van der Waals surface area (Å²) in [5.74, 6) is -1.15. The van der Waals surface area contributed by atoms with Gasteiger partial charge in [-0.05, 0) is 24.7 Å². The number of carbonyl (C=O) groups is 2. The first kappa shape index (κ1) is 15.7. The van der Waals surface area contributed by atoms with Crippen molar-refractivity contribution in [3.63, 3.8) is 0 Å². The number of methoxy groups -OCH3 is 1. The lowest BCUT2D eigenvalue weighted by molar-refractivity contribution is -0.139. The summed E-state index contributed by atoms with van der Waals surface area (Å²) in [6.07, 6.45) is 2.99. The van der Waals surface area contributed by atoms with E-state index in [9.17, 15) is 9.59 Å². The van der Waals surface area contributed by atoms with Crippen molar-refractivity contribution < 1.29 is 24.5 Å². The first-order valence-electron chi connectivity index (χ1n) is 6.40. The maximum Gasteiger partial charge on any atom is 0.326 e. The largest absolute Gasteiger partial charge is 0.480 e. The van der Waals surface area contributed by atoms with Crippen LogP contribution in [0.3, 0.4) is 0 Å². The second-order valence-corrected chi connectivity index (χ2v) is 4.97. The smallest absolute Gasteiger partial charge is 0.326 e. The van der Waals surface area contributed by atoms with Gasteiger partial charge in [-0.2, -0.15) is 0 Å². The van der Waals surface area contributed by atoms with Gasteiger partial charge in [0.15, 0.2) is 0 Å². The lowest BCUT2D eigenvalue weighted by atomic mass is 10.0. The van der Waals surface area contributed by atoms with Crippen molar-refractivity contribution in [2.75, 3.05) is 26.9 Å². The van der Waals surface area contributed by atoms with Crippen LogP contribution >= 0.6 is 0 Å². The minimum absolute atomic E-state index is 0.00241. The number of nitrogens with one attached hydrogen (secondary N) is 2. The first-order valence-corrected chi connectivity index (χ1v) is 6.40. The Morgan fingerprint density at radius 3 is 2.58 bits per heavy atom. The summed E-state index contributed by atoms with van der Waals surface area (Å²) >= 11 is 0. The molecule has 0 aliphatic heterocycles. The number of hydrogen-bond donors (Lipinski definition) is 4. The van der Waals surface area contributed by atoms with E-state index in [4.69, 9.17) is 14.9 Å². The van der Waals surface area contributed by atoms with Gasteiger partial charge < -0.3 is 25.6 Å². The van der Waals surface area contributed by atoms with Crippen LogP contribution in [0.4, 0.5) is 4.79 Å². The number of ether oxygens (including phenoxy) is 1. The fraction of sp³-hybridized carbons (Fsp3) is 0.833. The van der Waals surface area contributed by atoms with E-state index in [2.05, 4.69) is 10.6 Å². The van der Waals surface area contributed by atoms with Gasteiger partial charge in [0.05, 0.1) is 0 Å². The Balaban J connectivity index is 2.29. The molecule has 4 N–H and O–H groups in total. The van der Waals surface area contributed by atoms with Gasteiger partial charge in [-0.1, -0.05) is 0 Å². The standard InChI is InChI=1S/C12H22N2O5/c1-19-7-5-12(3-4-12)8-13-11(18)14-9(2-6-15)10(16)17/h9,15H,2-8H2,1H3,(H,16,17)(H2,13,14,18)/t9-/m0/s1. The van der Waals surface area contributed by atoms with E-state index in [1.54, 1.807) is 7.11 Å². The summed E-state index contributed by atoms with van der Waals surface area (Å²) in [4.78, 5) is 22.4. The molecule has 7 nitrogen and oxygen atoms in total. The second-order valence-electron chi connectivity index (χ2n) is 4.97. The van der Waals surface area contributed by atoms with Crippen LogP contribution in [-0.2, 0) is 9.53 Å². The summed E-state index contributed by atoms with van der Waals surface area (Å²) in [5, 5.41) is 22.6. The lowest BCUT2D eigenvalue weighted by Crippen LogP contribution is -2.47. The van der Waals surface area contributed by atoms with Crippen LogP contribution in [0, 0.1) is 5.41 Å². The molecule has 2 amide bonds. The molecule has 0 spiro atoms. The molecule has 0 bridgehead atoms. The maximum atomic E-state index is 11.6. The molecule has 0 aromatic heterocycles. The molecule has 0 saturated heterocycles. The van der Waals surface area contributed by atoms with Gasteiger partial charge in [-0.15, -0.1) is 0 Å². The van der Waals surface area contributed by atoms with Gasteiger partial charge in [-0.25, -0.2) is 9.59 Å². The van der Waals surface area contributed by atoms with Crippen molar-refractivity contribution in [2.45, 2.75) is 31.7 Å². The van der Waals surface area contributed by atoms with Gasteiger partial charge >= 0.3 is 12.0 Å². The molecule has 0 aromatic carbocycles. The minimum atomic E-state index is -1.15. The highest BCUT2D eigenvalue weighted by molar-refractivity contribution is 5.82. The molecule has 1 rings (SSSR count). The normalized spacial score (nSPS) is 17.6. The molecule has 19 heavy (non-hydrogen) atoms. The van der Waals surface area contributed by atoms with Crippen molar-refractivity contribution >= 4 is 12.0 Å². The van der Waals surface area contributed by atoms with Crippen LogP contribution in [-0.4, -0.2) is 55.1 Å². The number of carboxylic acid groups (broad SMARTS) is 1. The summed E-state index contributed by atoms with van der Waals surface area (Å²) < 4.78 is 5.02. The predicted molar refractivity (Wildman–Crippen MR) is 67.8 cm³/mol. The quantitative estimate of drug-likeness (QED) is 0.471. The Kier molecular flexibility index (Phi) is 6.04. The van der Waals surface area contributed by atoms with Crippen LogP contribution in [0.25, 0.3) is 0 Å². The predicted octanol–water partition coefficient (Wildman–Crippen LogP) is -0.0621. The highest BCUT2D eigenvalue weighted by Gasteiger charge is 2.42. The Labute approximate surface area is 112 Å². The topological polar surface area (TPSA) is 108 Å². The molecule has 0 radical (unpaired) electrons. The number of aliphatic hydroxyl groups excluding tert-OH is 1. The number of amides is 2.